The second-order valence-electron chi connectivity index (χ2n) is 11.7. The molecule has 0 saturated carbocycles. The van der Waals surface area contributed by atoms with E-state index in [-0.39, 0.29) is 23.5 Å². The lowest BCUT2D eigenvalue weighted by molar-refractivity contribution is -0.147. The third kappa shape index (κ3) is 6.19. The average Bonchev–Trinajstić information content (AvgIpc) is 3.29. The van der Waals surface area contributed by atoms with Crippen LogP contribution in [0.5, 0.6) is 17.2 Å². The highest BCUT2D eigenvalue weighted by atomic mass is 19.1. The van der Waals surface area contributed by atoms with Crippen LogP contribution >= 0.6 is 0 Å². The number of para-hydroxylation sites is 1. The summed E-state index contributed by atoms with van der Waals surface area (Å²) in [6.45, 7) is 6.78. The van der Waals surface area contributed by atoms with Crippen LogP contribution in [0.1, 0.15) is 36.8 Å². The molecule has 47 heavy (non-hydrogen) atoms. The van der Waals surface area contributed by atoms with Gasteiger partial charge in [-0.15, -0.1) is 0 Å². The van der Waals surface area contributed by atoms with E-state index < -0.39 is 40.6 Å². The van der Waals surface area contributed by atoms with Gasteiger partial charge in [0.05, 0.1) is 24.0 Å². The maximum atomic E-state index is 15.3. The molecule has 0 bridgehead atoms. The highest BCUT2D eigenvalue weighted by Gasteiger charge is 2.43. The van der Waals surface area contributed by atoms with Crippen LogP contribution in [0.25, 0.3) is 16.6 Å². The van der Waals surface area contributed by atoms with Gasteiger partial charge >= 0.3 is 5.97 Å². The molecule has 5 rings (SSSR count). The third-order valence-corrected chi connectivity index (χ3v) is 8.53. The van der Waals surface area contributed by atoms with Crippen LogP contribution in [0.2, 0.25) is 0 Å². The average molecular weight is 642 g/mol. The number of carboxylic acid groups (broad SMARTS) is 1. The van der Waals surface area contributed by atoms with Gasteiger partial charge in [0.25, 0.3) is 11.5 Å². The zero-order valence-corrected chi connectivity index (χ0v) is 26.7. The topological polar surface area (TPSA) is 151 Å². The number of halogens is 1. The molecular weight excluding hydrogens is 605 g/mol. The summed E-state index contributed by atoms with van der Waals surface area (Å²) >= 11 is 0. The van der Waals surface area contributed by atoms with Gasteiger partial charge in [0.1, 0.15) is 22.6 Å². The number of rotatable bonds is 11. The van der Waals surface area contributed by atoms with Crippen LogP contribution in [0.4, 0.5) is 10.1 Å². The van der Waals surface area contributed by atoms with E-state index in [9.17, 15) is 19.5 Å². The molecule has 12 heteroatoms. The monoisotopic (exact) mass is 641 g/mol. The Morgan fingerprint density at radius 3 is 2.40 bits per heavy atom. The molecule has 4 N–H and O–H groups in total. The van der Waals surface area contributed by atoms with Gasteiger partial charge in [-0.25, -0.2) is 9.07 Å². The number of amides is 1. The normalized spacial score (nSPS) is 13.3. The van der Waals surface area contributed by atoms with E-state index in [0.717, 1.165) is 6.07 Å². The molecule has 1 amide bonds. The largest absolute Gasteiger partial charge is 0.497 e. The number of methoxy groups -OCH3 is 1. The van der Waals surface area contributed by atoms with Crippen molar-refractivity contribution in [1.29, 1.82) is 0 Å². The molecule has 0 radical (unpaired) electrons. The van der Waals surface area contributed by atoms with Crippen LogP contribution in [-0.4, -0.2) is 44.0 Å². The summed E-state index contributed by atoms with van der Waals surface area (Å²) < 4.78 is 29.3. The number of ether oxygens (including phenoxy) is 2. The molecule has 0 unspecified atom stereocenters. The van der Waals surface area contributed by atoms with Crippen LogP contribution < -0.4 is 26.1 Å². The van der Waals surface area contributed by atoms with E-state index in [1.807, 2.05) is 0 Å². The second-order valence-corrected chi connectivity index (χ2v) is 11.7. The summed E-state index contributed by atoms with van der Waals surface area (Å²) in [5, 5.41) is 13.3. The Hall–Kier alpha value is -5.49. The number of pyridine rings is 1. The molecule has 0 saturated heterocycles. The zero-order chi connectivity index (χ0) is 34.0. The van der Waals surface area contributed by atoms with Crippen molar-refractivity contribution in [2.45, 2.75) is 39.8 Å². The predicted molar refractivity (Wildman–Crippen MR) is 176 cm³/mol. The highest BCUT2D eigenvalue weighted by molar-refractivity contribution is 6.05. The summed E-state index contributed by atoms with van der Waals surface area (Å²) in [6, 6.07) is 19.5. The number of aromatic nitrogens is 3. The number of benzene rings is 3. The maximum absolute atomic E-state index is 15.3. The van der Waals surface area contributed by atoms with E-state index in [1.165, 1.54) is 16.8 Å². The van der Waals surface area contributed by atoms with Crippen LogP contribution in [0, 0.1) is 24.6 Å². The van der Waals surface area contributed by atoms with Crippen molar-refractivity contribution >= 4 is 28.5 Å². The summed E-state index contributed by atoms with van der Waals surface area (Å²) in [5.41, 5.74) is 5.47. The van der Waals surface area contributed by atoms with Crippen LogP contribution in [0.3, 0.4) is 0 Å². The lowest BCUT2D eigenvalue weighted by Gasteiger charge is -2.35. The molecule has 0 aliphatic rings. The molecule has 5 aromatic rings. The summed E-state index contributed by atoms with van der Waals surface area (Å²) in [6.07, 6.45) is 1.54. The van der Waals surface area contributed by atoms with Crippen molar-refractivity contribution in [2.24, 2.45) is 17.6 Å². The number of anilines is 1. The van der Waals surface area contributed by atoms with Gasteiger partial charge in [-0.2, -0.15) is 0 Å². The van der Waals surface area contributed by atoms with Gasteiger partial charge < -0.3 is 25.6 Å². The van der Waals surface area contributed by atoms with Crippen molar-refractivity contribution in [1.82, 2.24) is 14.3 Å². The van der Waals surface area contributed by atoms with Crippen LogP contribution in [-0.2, 0) is 11.3 Å². The first kappa shape index (κ1) is 32.9. The smallest absolute Gasteiger partial charge is 0.324 e. The second kappa shape index (κ2) is 13.1. The summed E-state index contributed by atoms with van der Waals surface area (Å²) in [5.74, 6) is -2.81. The Balaban J connectivity index is 1.45. The minimum atomic E-state index is -1.60. The Bertz CT molecular complexity index is 2020. The fraction of sp³-hybridized carbons (Fsp3) is 0.257. The molecule has 11 nitrogen and oxygen atoms in total. The van der Waals surface area contributed by atoms with E-state index >= 15 is 4.39 Å². The number of carbonyl (C=O) groups excluding carboxylic acids is 1. The molecule has 244 valence electrons. The van der Waals surface area contributed by atoms with Gasteiger partial charge in [0.2, 0.25) is 0 Å². The zero-order valence-electron chi connectivity index (χ0n) is 26.7. The number of carboxylic acids is 1. The fourth-order valence-corrected chi connectivity index (χ4v) is 5.68. The molecular formula is C35H36FN5O6. The number of nitrogens with one attached hydrogen (secondary N) is 1. The lowest BCUT2D eigenvalue weighted by Crippen LogP contribution is -2.58. The number of nitrogens with two attached hydrogens (primary N) is 1. The van der Waals surface area contributed by atoms with Gasteiger partial charge in [0, 0.05) is 41.9 Å². The maximum Gasteiger partial charge on any atom is 0.324 e. The number of hydrogen-bond donors (Lipinski definition) is 3. The molecule has 3 aromatic carbocycles. The first-order valence-corrected chi connectivity index (χ1v) is 15.0. The van der Waals surface area contributed by atoms with E-state index in [2.05, 4.69) is 10.3 Å². The third-order valence-electron chi connectivity index (χ3n) is 8.53. The Kier molecular flexibility index (Phi) is 9.16. The Morgan fingerprint density at radius 2 is 1.77 bits per heavy atom. The first-order chi connectivity index (χ1) is 22.4. The van der Waals surface area contributed by atoms with Gasteiger partial charge in [-0.3, -0.25) is 24.0 Å². The van der Waals surface area contributed by atoms with Gasteiger partial charge in [-0.05, 0) is 55.3 Å². The number of carbonyl (C=O) groups is 2. The van der Waals surface area contributed by atoms with E-state index in [4.69, 9.17) is 15.2 Å². The SMILES string of the molecule is COc1ccc2c(Oc3ccc(NC(=O)c4c(C)n(C[C@H](C)[C@](N)(C(=O)O)C(C)C)n(-c5ccccc5)c4=O)cc3F)ccnc2c1. The molecule has 2 heterocycles. The molecule has 2 aromatic heterocycles. The van der Waals surface area contributed by atoms with Crippen LogP contribution in [0.15, 0.2) is 83.8 Å². The standard InChI is InChI=1S/C35H36FN5O6/c1-20(2)35(37,34(44)45)21(3)19-40-22(4)31(33(43)41(40)24-9-7-6-8-10-24)32(42)39-23-11-14-30(27(36)17-23)47-29-15-16-38-28-18-25(46-5)12-13-26(28)29/h6-18,20-21H,19,37H2,1-5H3,(H,39,42)(H,44,45)/t21-,35-/m0/s1. The number of aliphatic carboxylic acids is 1. The van der Waals surface area contributed by atoms with Crippen molar-refractivity contribution in [3.05, 3.63) is 106 Å². The molecule has 0 aliphatic carbocycles. The molecule has 0 fully saturated rings. The highest BCUT2D eigenvalue weighted by Crippen LogP contribution is 2.33. The van der Waals surface area contributed by atoms with E-state index in [1.54, 1.807) is 100 Å². The van der Waals surface area contributed by atoms with Gasteiger partial charge in [-0.1, -0.05) is 39.0 Å². The fourth-order valence-electron chi connectivity index (χ4n) is 5.68. The Morgan fingerprint density at radius 1 is 1.04 bits per heavy atom. The lowest BCUT2D eigenvalue weighted by atomic mass is 9.77. The van der Waals surface area contributed by atoms with Crippen molar-refractivity contribution in [3.8, 4) is 22.9 Å². The molecule has 0 spiro atoms. The molecule has 0 aliphatic heterocycles. The molecule has 2 atom stereocenters. The van der Waals surface area contributed by atoms with Crippen molar-refractivity contribution < 1.29 is 28.6 Å². The quantitative estimate of drug-likeness (QED) is 0.165. The van der Waals surface area contributed by atoms with E-state index in [0.29, 0.717) is 33.8 Å². The minimum absolute atomic E-state index is 0.0291. The van der Waals surface area contributed by atoms with Crippen molar-refractivity contribution in [2.75, 3.05) is 12.4 Å². The first-order valence-electron chi connectivity index (χ1n) is 15.0. The summed E-state index contributed by atoms with van der Waals surface area (Å²) in [7, 11) is 1.55. The Labute approximate surface area is 270 Å². The minimum Gasteiger partial charge on any atom is -0.497 e. The number of nitrogens with zero attached hydrogens (tertiary/aromatic N) is 3. The number of fused-ring (bicyclic) bond motifs is 1. The van der Waals surface area contributed by atoms with Gasteiger partial charge in [0.15, 0.2) is 11.6 Å². The number of hydrogen-bond acceptors (Lipinski definition) is 7. The van der Waals surface area contributed by atoms with Crippen molar-refractivity contribution in [3.63, 3.8) is 0 Å². The summed E-state index contributed by atoms with van der Waals surface area (Å²) in [4.78, 5) is 44.0. The predicted octanol–water partition coefficient (Wildman–Crippen LogP) is 5.76.